The normalized spacial score (nSPS) is 13.2. The molecule has 13 aromatic rings. The number of terminal acetylenes is 1. The van der Waals surface area contributed by atoms with Gasteiger partial charge in [-0.2, -0.15) is 21.0 Å². The number of amides is 4. The Morgan fingerprint density at radius 2 is 0.867 bits per heavy atom. The number of aromatic nitrogens is 16. The van der Waals surface area contributed by atoms with Gasteiger partial charge in [-0.15, -0.1) is 6.42 Å². The van der Waals surface area contributed by atoms with Gasteiger partial charge in [0.05, 0.1) is 98.2 Å². The monoisotopic (exact) mass is 1420 g/mol. The predicted octanol–water partition coefficient (Wildman–Crippen LogP) is 13.1. The van der Waals surface area contributed by atoms with E-state index < -0.39 is 0 Å². The summed E-state index contributed by atoms with van der Waals surface area (Å²) in [5.74, 6) is 2.69. The van der Waals surface area contributed by atoms with Gasteiger partial charge in [0.25, 0.3) is 23.6 Å². The van der Waals surface area contributed by atoms with E-state index in [-0.39, 0.29) is 66.5 Å². The fourth-order valence-electron chi connectivity index (χ4n) is 12.8. The molecule has 30 heteroatoms. The highest BCUT2D eigenvalue weighted by Gasteiger charge is 2.29. The zero-order valence-corrected chi connectivity index (χ0v) is 57.1. The number of hydrogen-bond donors (Lipinski definition) is 8. The van der Waals surface area contributed by atoms with Crippen LogP contribution in [0.3, 0.4) is 0 Å². The number of hydrogen-bond acceptors (Lipinski definition) is 18. The first-order chi connectivity index (χ1) is 51.5. The van der Waals surface area contributed by atoms with Crippen LogP contribution in [0.4, 0.5) is 0 Å². The van der Waals surface area contributed by atoms with E-state index in [0.29, 0.717) is 80.8 Å². The lowest BCUT2D eigenvalue weighted by Gasteiger charge is -2.32. The molecule has 1 unspecified atom stereocenters. The summed E-state index contributed by atoms with van der Waals surface area (Å²) >= 11 is 0. The maximum absolute atomic E-state index is 13.1. The van der Waals surface area contributed by atoms with Crippen LogP contribution < -0.4 is 0 Å². The van der Waals surface area contributed by atoms with Crippen molar-refractivity contribution in [1.29, 1.82) is 21.0 Å². The van der Waals surface area contributed by atoms with Gasteiger partial charge in [0.1, 0.15) is 76.4 Å². The van der Waals surface area contributed by atoms with E-state index in [2.05, 4.69) is 97.8 Å². The first-order valence-corrected chi connectivity index (χ1v) is 34.2. The molecule has 15 rings (SSSR count). The molecule has 1 aliphatic carbocycles. The molecule has 0 bridgehead atoms. The highest BCUT2D eigenvalue weighted by atomic mass is 16.5. The smallest absolute Gasteiger partial charge is 0.271 e. The number of aromatic amines is 8. The molecule has 4 amide bonds. The van der Waals surface area contributed by atoms with Crippen molar-refractivity contribution in [2.75, 3.05) is 45.9 Å². The average Bonchev–Trinajstić information content (AvgIpc) is 1.68. The number of nitriles is 4. The number of carbonyl (C=O) groups excluding carboxylic acids is 4. The Bertz CT molecular complexity index is 5350. The molecule has 1 atom stereocenters. The number of fused-ring (bicyclic) bond motifs is 4. The van der Waals surface area contributed by atoms with Crippen LogP contribution in [0.15, 0.2) is 146 Å². The van der Waals surface area contributed by atoms with Crippen molar-refractivity contribution in [2.24, 2.45) is 0 Å². The summed E-state index contributed by atoms with van der Waals surface area (Å²) in [7, 11) is 0. The van der Waals surface area contributed by atoms with Gasteiger partial charge >= 0.3 is 0 Å². The first kappa shape index (κ1) is 71.1. The van der Waals surface area contributed by atoms with Gasteiger partial charge in [-0.3, -0.25) is 19.2 Å². The zero-order chi connectivity index (χ0) is 72.9. The number of carbonyl (C=O) groups is 4. The maximum Gasteiger partial charge on any atom is 0.271 e. The lowest BCUT2D eigenvalue weighted by atomic mass is 9.94. The molecule has 105 heavy (non-hydrogen) atoms. The van der Waals surface area contributed by atoms with E-state index in [9.17, 15) is 19.2 Å². The second-order valence-electron chi connectivity index (χ2n) is 24.6. The Morgan fingerprint density at radius 1 is 0.476 bits per heavy atom. The molecular weight excluding hydrogens is 1330 g/mol. The topological polar surface area (TPSA) is 428 Å². The largest absolute Gasteiger partial charge is 0.467 e. The number of H-pyrrole nitrogens is 8. The standard InChI is InChI=1S/C20H21N5O.C19H20N6O2.C19H16N6O2.C17H15N7O.8H2/c1-2-10-25(15-6-4-3-5-7-15)20(26)17-11-14(12-22-17)18-16-8-9-21-19(16)24-13-23-18;2*20-5-2-7-25(11-14-3-1-8-27-14)19(26)16-9-13(10-22-16)17-15-4-6-21-18(15)24-12-23-17;18-4-1-7-24(8-2-5-19)17(25)14-9-12(10-21-14)15-13-3-6-20-16(13)23-11-22-15;;;;;;;;/h1,8-9,11-13,15,22H,3-7,10H2,(H,21,23,24);4,6,9-10,12,14,22H,1-3,7-8,11H2,(H,21,23,24);1,3-4,6,8-10,12,22H,2,7,11H2,(H,21,23,24);3,6,9-11,21H,1-2,7-8H2,(H,20,22,23);8*1H. The summed E-state index contributed by atoms with van der Waals surface area (Å²) in [4.78, 5) is 117. The van der Waals surface area contributed by atoms with Crippen LogP contribution in [0, 0.1) is 57.7 Å². The highest BCUT2D eigenvalue weighted by Crippen LogP contribution is 2.32. The molecule has 0 spiro atoms. The Labute approximate surface area is 612 Å². The Hall–Kier alpha value is -13.8. The fraction of sp³-hybridized carbons (Fsp3) is 0.280. The summed E-state index contributed by atoms with van der Waals surface area (Å²) in [5, 5.41) is 38.9. The lowest BCUT2D eigenvalue weighted by Crippen LogP contribution is -2.41. The molecule has 30 nitrogen and oxygen atoms in total. The molecule has 0 aromatic carbocycles. The molecule has 544 valence electrons. The van der Waals surface area contributed by atoms with E-state index >= 15 is 0 Å². The van der Waals surface area contributed by atoms with E-state index in [1.807, 2.05) is 66.0 Å². The van der Waals surface area contributed by atoms with Crippen molar-refractivity contribution < 1.29 is 39.7 Å². The lowest BCUT2D eigenvalue weighted by molar-refractivity contribution is 0.0527. The van der Waals surface area contributed by atoms with Crippen LogP contribution in [0.25, 0.3) is 89.2 Å². The fourth-order valence-corrected chi connectivity index (χ4v) is 12.8. The van der Waals surface area contributed by atoms with Crippen LogP contribution in [0.2, 0.25) is 0 Å². The van der Waals surface area contributed by atoms with Crippen LogP contribution >= 0.6 is 0 Å². The van der Waals surface area contributed by atoms with E-state index in [1.165, 1.54) is 36.6 Å². The van der Waals surface area contributed by atoms with Gasteiger partial charge in [0.15, 0.2) is 0 Å². The number of nitrogens with one attached hydrogen (secondary N) is 8. The van der Waals surface area contributed by atoms with Crippen molar-refractivity contribution in [1.82, 2.24) is 99.3 Å². The molecule has 2 fully saturated rings. The van der Waals surface area contributed by atoms with Crippen LogP contribution in [-0.4, -0.2) is 181 Å². The number of rotatable bonds is 22. The molecule has 1 saturated carbocycles. The number of ether oxygens (including phenoxy) is 1. The van der Waals surface area contributed by atoms with Gasteiger partial charge in [0.2, 0.25) is 0 Å². The summed E-state index contributed by atoms with van der Waals surface area (Å²) < 4.78 is 11.0. The molecule has 1 saturated heterocycles. The van der Waals surface area contributed by atoms with Crippen LogP contribution in [0.5, 0.6) is 0 Å². The average molecular weight is 1420 g/mol. The maximum atomic E-state index is 13.1. The Balaban J connectivity index is 0.000000310. The third-order valence-electron chi connectivity index (χ3n) is 17.9. The van der Waals surface area contributed by atoms with Crippen molar-refractivity contribution in [2.45, 2.75) is 89.3 Å². The van der Waals surface area contributed by atoms with E-state index in [0.717, 1.165) is 134 Å². The summed E-state index contributed by atoms with van der Waals surface area (Å²) in [6.07, 6.45) is 35.9. The number of furan rings is 1. The molecule has 13 aromatic heterocycles. The van der Waals surface area contributed by atoms with Gasteiger partial charge in [-0.25, -0.2) is 39.9 Å². The van der Waals surface area contributed by atoms with Gasteiger partial charge in [-0.1, -0.05) is 25.2 Å². The van der Waals surface area contributed by atoms with Crippen molar-refractivity contribution in [3.05, 3.63) is 170 Å². The molecular formula is C75H88N24O6. The van der Waals surface area contributed by atoms with E-state index in [1.54, 1.807) is 77.4 Å². The Kier molecular flexibility index (Phi) is 23.4. The Morgan fingerprint density at radius 3 is 1.25 bits per heavy atom. The second-order valence-corrected chi connectivity index (χ2v) is 24.6. The quantitative estimate of drug-likeness (QED) is 0.0292. The number of nitrogens with zero attached hydrogens (tertiary/aromatic N) is 16. The summed E-state index contributed by atoms with van der Waals surface area (Å²) in [6, 6.07) is 26.8. The molecule has 8 N–H and O–H groups in total. The SMILES string of the molecule is C#CCN(C(=O)c1cc(-c2ncnc3[nH]ccc23)c[nH]1)C1CCCCC1.N#CCCN(CC1CCCO1)C(=O)c1cc(-c2ncnc3[nH]ccc23)c[nH]1.N#CCCN(CCC#N)C(=O)c1cc(-c2ncnc3[nH]ccc23)c[nH]1.N#CCCN(Cc1ccco1)C(=O)c1cc(-c2ncnc3[nH]ccc23)c[nH]1.[HH].[HH].[HH].[HH].[HH].[HH].[HH].[HH]. The van der Waals surface area contributed by atoms with Gasteiger partial charge in [0, 0.05) is 150 Å². The minimum Gasteiger partial charge on any atom is -0.467 e. The van der Waals surface area contributed by atoms with Crippen LogP contribution in [-0.2, 0) is 11.3 Å². The van der Waals surface area contributed by atoms with Crippen molar-refractivity contribution in [3.63, 3.8) is 0 Å². The predicted molar refractivity (Wildman–Crippen MR) is 404 cm³/mol. The minimum absolute atomic E-state index is 0. The molecule has 2 aliphatic rings. The molecule has 1 aliphatic heterocycles. The zero-order valence-electron chi connectivity index (χ0n) is 57.1. The second kappa shape index (κ2) is 34.5. The third kappa shape index (κ3) is 17.0. The summed E-state index contributed by atoms with van der Waals surface area (Å²) in [5.41, 5.74) is 11.1. The third-order valence-corrected chi connectivity index (χ3v) is 17.9. The van der Waals surface area contributed by atoms with E-state index in [4.69, 9.17) is 36.6 Å². The van der Waals surface area contributed by atoms with Crippen molar-refractivity contribution in [3.8, 4) is 81.7 Å². The molecule has 14 heterocycles. The van der Waals surface area contributed by atoms with Gasteiger partial charge < -0.3 is 68.6 Å². The van der Waals surface area contributed by atoms with Gasteiger partial charge in [-0.05, 0) is 86.3 Å². The van der Waals surface area contributed by atoms with Crippen LogP contribution in [0.1, 0.15) is 130 Å². The first-order valence-electron chi connectivity index (χ1n) is 34.2. The van der Waals surface area contributed by atoms with Crippen molar-refractivity contribution >= 4 is 67.8 Å². The minimum atomic E-state index is -0.240. The molecule has 0 radical (unpaired) electrons. The highest BCUT2D eigenvalue weighted by molar-refractivity contribution is 6.00. The summed E-state index contributed by atoms with van der Waals surface area (Å²) in [6.45, 7) is 3.17.